The molecule has 6 nitrogen and oxygen atoms in total. The Morgan fingerprint density at radius 2 is 2.14 bits per heavy atom. The number of carboxylic acid groups (broad SMARTS) is 1. The third-order valence-corrected chi connectivity index (χ3v) is 4.71. The zero-order valence-corrected chi connectivity index (χ0v) is 16.4. The molecule has 4 atom stereocenters. The van der Waals surface area contributed by atoms with Crippen molar-refractivity contribution >= 4 is 17.6 Å². The third-order valence-electron chi connectivity index (χ3n) is 4.47. The molecule has 154 valence electrons. The van der Waals surface area contributed by atoms with E-state index < -0.39 is 18.2 Å². The first-order valence-electron chi connectivity index (χ1n) is 9.37. The average Bonchev–Trinajstić information content (AvgIpc) is 3.01. The van der Waals surface area contributed by atoms with Crippen molar-refractivity contribution in [1.29, 1.82) is 0 Å². The predicted molar refractivity (Wildman–Crippen MR) is 107 cm³/mol. The van der Waals surface area contributed by atoms with E-state index in [9.17, 15) is 15.0 Å². The molecule has 0 amide bonds. The number of aliphatic carboxylic acids is 1. The number of aliphatic hydroxyl groups is 2. The molecule has 1 aromatic carbocycles. The van der Waals surface area contributed by atoms with Crippen molar-refractivity contribution in [2.75, 3.05) is 13.2 Å². The Balaban J connectivity index is 1.76. The third kappa shape index (κ3) is 8.02. The van der Waals surface area contributed by atoms with Crippen LogP contribution in [0.5, 0.6) is 5.75 Å². The summed E-state index contributed by atoms with van der Waals surface area (Å²) < 4.78 is 11.1. The van der Waals surface area contributed by atoms with Gasteiger partial charge in [0.1, 0.15) is 18.5 Å². The number of ether oxygens (including phenoxy) is 2. The van der Waals surface area contributed by atoms with Gasteiger partial charge in [-0.3, -0.25) is 4.79 Å². The molecule has 0 spiro atoms. The number of hydrogen-bond acceptors (Lipinski definition) is 5. The smallest absolute Gasteiger partial charge is 0.303 e. The van der Waals surface area contributed by atoms with Gasteiger partial charge in [0.2, 0.25) is 0 Å². The molecule has 1 saturated heterocycles. The molecular weight excluding hydrogens is 384 g/mol. The first kappa shape index (κ1) is 22.4. The number of rotatable bonds is 11. The molecule has 28 heavy (non-hydrogen) atoms. The fourth-order valence-corrected chi connectivity index (χ4v) is 3.17. The second-order valence-electron chi connectivity index (χ2n) is 6.73. The number of carboxylic acids is 1. The Kier molecular flexibility index (Phi) is 9.50. The SMILES string of the molecule is O=C(O)CC/C=C\CC[C@H]1[C@@H](O)CO[C@@H]1/C=C/[C@H](O)COc1cccc(Cl)c1. The molecule has 2 rings (SSSR count). The molecule has 1 fully saturated rings. The van der Waals surface area contributed by atoms with Crippen molar-refractivity contribution < 1.29 is 29.6 Å². The summed E-state index contributed by atoms with van der Waals surface area (Å²) in [6.07, 6.45) is 7.59. The minimum atomic E-state index is -0.813. The van der Waals surface area contributed by atoms with E-state index in [1.165, 1.54) is 0 Å². The van der Waals surface area contributed by atoms with Gasteiger partial charge >= 0.3 is 5.97 Å². The first-order valence-corrected chi connectivity index (χ1v) is 9.74. The molecule has 0 unspecified atom stereocenters. The van der Waals surface area contributed by atoms with Gasteiger partial charge in [0.05, 0.1) is 18.8 Å². The molecule has 0 saturated carbocycles. The highest BCUT2D eigenvalue weighted by molar-refractivity contribution is 6.30. The highest BCUT2D eigenvalue weighted by Crippen LogP contribution is 2.27. The Bertz CT molecular complexity index is 675. The second kappa shape index (κ2) is 11.9. The van der Waals surface area contributed by atoms with Crippen molar-refractivity contribution in [1.82, 2.24) is 0 Å². The minimum Gasteiger partial charge on any atom is -0.491 e. The van der Waals surface area contributed by atoms with Crippen LogP contribution in [-0.4, -0.2) is 52.8 Å². The van der Waals surface area contributed by atoms with E-state index in [4.69, 9.17) is 26.2 Å². The maximum atomic E-state index is 10.5. The van der Waals surface area contributed by atoms with Gasteiger partial charge < -0.3 is 24.8 Å². The van der Waals surface area contributed by atoms with E-state index in [1.807, 2.05) is 12.2 Å². The lowest BCUT2D eigenvalue weighted by Crippen LogP contribution is -2.23. The second-order valence-corrected chi connectivity index (χ2v) is 7.17. The highest BCUT2D eigenvalue weighted by atomic mass is 35.5. The molecular formula is C21H27ClO6. The predicted octanol–water partition coefficient (Wildman–Crippen LogP) is 3.21. The lowest BCUT2D eigenvalue weighted by atomic mass is 9.93. The largest absolute Gasteiger partial charge is 0.491 e. The van der Waals surface area contributed by atoms with Crippen LogP contribution in [0.25, 0.3) is 0 Å². The van der Waals surface area contributed by atoms with Crippen molar-refractivity contribution in [2.24, 2.45) is 5.92 Å². The Morgan fingerprint density at radius 3 is 2.89 bits per heavy atom. The summed E-state index contributed by atoms with van der Waals surface area (Å²) in [5.74, 6) is -0.297. The zero-order valence-electron chi connectivity index (χ0n) is 15.6. The van der Waals surface area contributed by atoms with E-state index in [-0.39, 0.29) is 31.7 Å². The summed E-state index contributed by atoms with van der Waals surface area (Å²) in [4.78, 5) is 10.5. The van der Waals surface area contributed by atoms with Crippen LogP contribution >= 0.6 is 11.6 Å². The van der Waals surface area contributed by atoms with E-state index in [2.05, 4.69) is 0 Å². The highest BCUT2D eigenvalue weighted by Gasteiger charge is 2.33. The van der Waals surface area contributed by atoms with Gasteiger partial charge in [-0.15, -0.1) is 0 Å². The monoisotopic (exact) mass is 410 g/mol. The van der Waals surface area contributed by atoms with Crippen molar-refractivity contribution in [3.8, 4) is 5.75 Å². The summed E-state index contributed by atoms with van der Waals surface area (Å²) >= 11 is 5.89. The van der Waals surface area contributed by atoms with Crippen molar-refractivity contribution in [2.45, 2.75) is 44.0 Å². The molecule has 0 aromatic heterocycles. The van der Waals surface area contributed by atoms with Crippen LogP contribution in [0.1, 0.15) is 25.7 Å². The lowest BCUT2D eigenvalue weighted by Gasteiger charge is -2.17. The summed E-state index contributed by atoms with van der Waals surface area (Å²) in [5.41, 5.74) is 0. The number of halogens is 1. The Morgan fingerprint density at radius 1 is 1.36 bits per heavy atom. The molecule has 0 aliphatic carbocycles. The van der Waals surface area contributed by atoms with Crippen LogP contribution < -0.4 is 4.74 Å². The normalized spacial score (nSPS) is 23.5. The number of aliphatic hydroxyl groups excluding tert-OH is 2. The van der Waals surface area contributed by atoms with Gasteiger partial charge in [0.15, 0.2) is 0 Å². The fourth-order valence-electron chi connectivity index (χ4n) is 2.99. The van der Waals surface area contributed by atoms with Gasteiger partial charge in [-0.25, -0.2) is 0 Å². The van der Waals surface area contributed by atoms with E-state index in [0.717, 1.165) is 12.8 Å². The Hall–Kier alpha value is -1.86. The average molecular weight is 411 g/mol. The summed E-state index contributed by atoms with van der Waals surface area (Å²) in [7, 11) is 0. The van der Waals surface area contributed by atoms with Gasteiger partial charge in [0.25, 0.3) is 0 Å². The molecule has 7 heteroatoms. The molecule has 1 aromatic rings. The van der Waals surface area contributed by atoms with Crippen molar-refractivity contribution in [3.05, 3.63) is 53.6 Å². The van der Waals surface area contributed by atoms with Crippen LogP contribution in [0.15, 0.2) is 48.6 Å². The molecule has 0 bridgehead atoms. The minimum absolute atomic E-state index is 0.0681. The van der Waals surface area contributed by atoms with Crippen LogP contribution in [-0.2, 0) is 9.53 Å². The Labute approximate surface area is 170 Å². The summed E-state index contributed by atoms with van der Waals surface area (Å²) in [6, 6.07) is 6.95. The molecule has 1 aliphatic heterocycles. The topological polar surface area (TPSA) is 96.2 Å². The van der Waals surface area contributed by atoms with E-state index in [1.54, 1.807) is 36.4 Å². The van der Waals surface area contributed by atoms with Crippen LogP contribution in [0.3, 0.4) is 0 Å². The lowest BCUT2D eigenvalue weighted by molar-refractivity contribution is -0.136. The van der Waals surface area contributed by atoms with Crippen LogP contribution in [0, 0.1) is 5.92 Å². The molecule has 1 heterocycles. The van der Waals surface area contributed by atoms with Gasteiger partial charge in [-0.1, -0.05) is 42.0 Å². The number of hydrogen-bond donors (Lipinski definition) is 3. The number of carbonyl (C=O) groups is 1. The molecule has 1 aliphatic rings. The van der Waals surface area contributed by atoms with Crippen LogP contribution in [0.2, 0.25) is 5.02 Å². The summed E-state index contributed by atoms with van der Waals surface area (Å²) in [5, 5.41) is 29.4. The fraction of sp³-hybridized carbons (Fsp3) is 0.476. The number of benzene rings is 1. The summed E-state index contributed by atoms with van der Waals surface area (Å²) in [6.45, 7) is 0.348. The van der Waals surface area contributed by atoms with Gasteiger partial charge in [-0.2, -0.15) is 0 Å². The van der Waals surface area contributed by atoms with E-state index in [0.29, 0.717) is 17.2 Å². The van der Waals surface area contributed by atoms with Crippen LogP contribution in [0.4, 0.5) is 0 Å². The molecule has 3 N–H and O–H groups in total. The van der Waals surface area contributed by atoms with Crippen molar-refractivity contribution in [3.63, 3.8) is 0 Å². The standard InChI is InChI=1S/C21H27ClO6/c22-15-6-5-7-17(12-15)27-13-16(23)10-11-20-18(19(24)14-28-20)8-3-1-2-4-9-21(25)26/h1-2,5-7,10-12,16,18-20,23-24H,3-4,8-9,13-14H2,(H,25,26)/b2-1-,11-10+/t16-,18-,19-,20+/m0/s1. The quantitative estimate of drug-likeness (QED) is 0.485. The maximum absolute atomic E-state index is 10.5. The number of allylic oxidation sites excluding steroid dienone is 2. The van der Waals surface area contributed by atoms with E-state index >= 15 is 0 Å². The zero-order chi connectivity index (χ0) is 20.4. The van der Waals surface area contributed by atoms with Gasteiger partial charge in [-0.05, 0) is 37.5 Å². The molecule has 0 radical (unpaired) electrons. The van der Waals surface area contributed by atoms with Gasteiger partial charge in [0, 0.05) is 17.4 Å². The first-order chi connectivity index (χ1) is 13.5. The maximum Gasteiger partial charge on any atom is 0.303 e.